The fourth-order valence-corrected chi connectivity index (χ4v) is 1.81. The summed E-state index contributed by atoms with van der Waals surface area (Å²) in [6.07, 6.45) is 3.29. The second kappa shape index (κ2) is 5.84. The first-order valence-electron chi connectivity index (χ1n) is 5.99. The molecule has 0 bridgehead atoms. The van der Waals surface area contributed by atoms with Gasteiger partial charge in [-0.3, -0.25) is 9.78 Å². The Labute approximate surface area is 116 Å². The van der Waals surface area contributed by atoms with E-state index in [1.165, 1.54) is 4.68 Å². The molecule has 0 aromatic carbocycles. The van der Waals surface area contributed by atoms with E-state index in [2.05, 4.69) is 10.1 Å². The second-order valence-corrected chi connectivity index (χ2v) is 4.63. The Bertz CT molecular complexity index is 626. The van der Waals surface area contributed by atoms with Gasteiger partial charge in [0.05, 0.1) is 24.1 Å². The zero-order valence-corrected chi connectivity index (χ0v) is 11.6. The van der Waals surface area contributed by atoms with Gasteiger partial charge in [0.2, 0.25) is 0 Å². The van der Waals surface area contributed by atoms with E-state index in [1.54, 1.807) is 30.6 Å². The van der Waals surface area contributed by atoms with Crippen LogP contribution in [0.25, 0.3) is 0 Å². The highest BCUT2D eigenvalue weighted by Gasteiger charge is 2.05. The lowest BCUT2D eigenvalue weighted by molar-refractivity contribution is 0.626. The van der Waals surface area contributed by atoms with Crippen molar-refractivity contribution in [3.05, 3.63) is 51.7 Å². The SMILES string of the molecule is CCN(C)c1cnn(Cc2cc(Cl)ccn2)c(=O)c1. The lowest BCUT2D eigenvalue weighted by atomic mass is 10.3. The number of anilines is 1. The standard InChI is InChI=1S/C13H15ClN4O/c1-3-17(2)12-7-13(19)18(16-8-12)9-11-6-10(14)4-5-15-11/h4-8H,3,9H2,1-2H3. The van der Waals surface area contributed by atoms with E-state index in [4.69, 9.17) is 11.6 Å². The van der Waals surface area contributed by atoms with Crippen LogP contribution in [-0.4, -0.2) is 28.4 Å². The third kappa shape index (κ3) is 3.32. The lowest BCUT2D eigenvalue weighted by Crippen LogP contribution is -2.26. The van der Waals surface area contributed by atoms with Crippen molar-refractivity contribution in [1.29, 1.82) is 0 Å². The number of hydrogen-bond donors (Lipinski definition) is 0. The van der Waals surface area contributed by atoms with Crippen molar-refractivity contribution in [3.63, 3.8) is 0 Å². The maximum Gasteiger partial charge on any atom is 0.269 e. The van der Waals surface area contributed by atoms with Crippen LogP contribution in [0.3, 0.4) is 0 Å². The summed E-state index contributed by atoms with van der Waals surface area (Å²) in [6, 6.07) is 4.99. The van der Waals surface area contributed by atoms with Crippen LogP contribution in [0.4, 0.5) is 5.69 Å². The fourth-order valence-electron chi connectivity index (χ4n) is 1.62. The summed E-state index contributed by atoms with van der Waals surface area (Å²) in [7, 11) is 1.92. The van der Waals surface area contributed by atoms with Gasteiger partial charge in [-0.05, 0) is 19.1 Å². The molecule has 0 fully saturated rings. The van der Waals surface area contributed by atoms with Crippen LogP contribution in [-0.2, 0) is 6.54 Å². The van der Waals surface area contributed by atoms with Gasteiger partial charge in [0.15, 0.2) is 0 Å². The van der Waals surface area contributed by atoms with Gasteiger partial charge < -0.3 is 4.90 Å². The minimum Gasteiger partial charge on any atom is -0.373 e. The van der Waals surface area contributed by atoms with Crippen LogP contribution in [0.15, 0.2) is 35.4 Å². The second-order valence-electron chi connectivity index (χ2n) is 4.19. The first kappa shape index (κ1) is 13.5. The molecule has 19 heavy (non-hydrogen) atoms. The highest BCUT2D eigenvalue weighted by atomic mass is 35.5. The highest BCUT2D eigenvalue weighted by Crippen LogP contribution is 2.09. The van der Waals surface area contributed by atoms with Crippen molar-refractivity contribution in [1.82, 2.24) is 14.8 Å². The third-order valence-corrected chi connectivity index (χ3v) is 3.10. The van der Waals surface area contributed by atoms with E-state index in [9.17, 15) is 4.79 Å². The molecule has 2 heterocycles. The molecule has 0 N–H and O–H groups in total. The van der Waals surface area contributed by atoms with Crippen molar-refractivity contribution in [2.24, 2.45) is 0 Å². The summed E-state index contributed by atoms with van der Waals surface area (Å²) in [5, 5.41) is 4.75. The van der Waals surface area contributed by atoms with Crippen molar-refractivity contribution < 1.29 is 0 Å². The van der Waals surface area contributed by atoms with E-state index < -0.39 is 0 Å². The average molecular weight is 279 g/mol. The summed E-state index contributed by atoms with van der Waals surface area (Å²) in [5.41, 5.74) is 1.36. The molecule has 0 unspecified atom stereocenters. The Hall–Kier alpha value is -1.88. The normalized spacial score (nSPS) is 10.5. The largest absolute Gasteiger partial charge is 0.373 e. The molecule has 0 radical (unpaired) electrons. The lowest BCUT2D eigenvalue weighted by Gasteiger charge is -2.16. The summed E-state index contributed by atoms with van der Waals surface area (Å²) >= 11 is 5.88. The molecule has 2 aromatic heterocycles. The van der Waals surface area contributed by atoms with Crippen LogP contribution in [0.1, 0.15) is 12.6 Å². The smallest absolute Gasteiger partial charge is 0.269 e. The molecular weight excluding hydrogens is 264 g/mol. The van der Waals surface area contributed by atoms with Gasteiger partial charge in [0.25, 0.3) is 5.56 Å². The molecule has 0 saturated carbocycles. The van der Waals surface area contributed by atoms with Crippen molar-refractivity contribution in [2.45, 2.75) is 13.5 Å². The minimum absolute atomic E-state index is 0.153. The maximum absolute atomic E-state index is 12.0. The fraction of sp³-hybridized carbons (Fsp3) is 0.308. The van der Waals surface area contributed by atoms with E-state index in [-0.39, 0.29) is 5.56 Å². The molecule has 2 rings (SSSR count). The number of nitrogens with zero attached hydrogens (tertiary/aromatic N) is 4. The predicted molar refractivity (Wildman–Crippen MR) is 75.8 cm³/mol. The number of pyridine rings is 1. The van der Waals surface area contributed by atoms with Crippen LogP contribution in [0.5, 0.6) is 0 Å². The molecule has 0 spiro atoms. The minimum atomic E-state index is -0.153. The predicted octanol–water partition coefficient (Wildman–Crippen LogP) is 1.80. The van der Waals surface area contributed by atoms with E-state index in [0.29, 0.717) is 17.3 Å². The molecule has 0 aliphatic heterocycles. The summed E-state index contributed by atoms with van der Waals surface area (Å²) in [5.74, 6) is 0. The Morgan fingerprint density at radius 1 is 1.42 bits per heavy atom. The molecule has 6 heteroatoms. The zero-order valence-electron chi connectivity index (χ0n) is 10.9. The summed E-state index contributed by atoms with van der Waals surface area (Å²) in [6.45, 7) is 3.15. The molecule has 0 amide bonds. The van der Waals surface area contributed by atoms with Gasteiger partial charge in [-0.25, -0.2) is 4.68 Å². The van der Waals surface area contributed by atoms with E-state index in [0.717, 1.165) is 12.2 Å². The Morgan fingerprint density at radius 3 is 2.84 bits per heavy atom. The van der Waals surface area contributed by atoms with Gasteiger partial charge in [0, 0.05) is 30.9 Å². The Kier molecular flexibility index (Phi) is 4.16. The first-order valence-corrected chi connectivity index (χ1v) is 6.36. The molecule has 0 atom stereocenters. The monoisotopic (exact) mass is 278 g/mol. The van der Waals surface area contributed by atoms with Crippen LogP contribution in [0.2, 0.25) is 5.02 Å². The topological polar surface area (TPSA) is 51.0 Å². The van der Waals surface area contributed by atoms with E-state index >= 15 is 0 Å². The van der Waals surface area contributed by atoms with Crippen molar-refractivity contribution in [3.8, 4) is 0 Å². The maximum atomic E-state index is 12.0. The van der Waals surface area contributed by atoms with Crippen LogP contribution < -0.4 is 10.5 Å². The van der Waals surface area contributed by atoms with Crippen molar-refractivity contribution >= 4 is 17.3 Å². The number of hydrogen-bond acceptors (Lipinski definition) is 4. The molecular formula is C13H15ClN4O. The third-order valence-electron chi connectivity index (χ3n) is 2.86. The highest BCUT2D eigenvalue weighted by molar-refractivity contribution is 6.30. The van der Waals surface area contributed by atoms with E-state index in [1.807, 2.05) is 18.9 Å². The average Bonchev–Trinajstić information content (AvgIpc) is 2.40. The molecule has 100 valence electrons. The molecule has 5 nitrogen and oxygen atoms in total. The van der Waals surface area contributed by atoms with Crippen molar-refractivity contribution in [2.75, 3.05) is 18.5 Å². The molecule has 2 aromatic rings. The molecule has 0 saturated heterocycles. The van der Waals surface area contributed by atoms with Gasteiger partial charge in [0.1, 0.15) is 0 Å². The summed E-state index contributed by atoms with van der Waals surface area (Å²) in [4.78, 5) is 18.1. The first-order chi connectivity index (χ1) is 9.10. The quantitative estimate of drug-likeness (QED) is 0.856. The van der Waals surface area contributed by atoms with Gasteiger partial charge >= 0.3 is 0 Å². The van der Waals surface area contributed by atoms with Crippen LogP contribution in [0, 0.1) is 0 Å². The van der Waals surface area contributed by atoms with Gasteiger partial charge in [-0.15, -0.1) is 0 Å². The molecule has 0 aliphatic rings. The van der Waals surface area contributed by atoms with Gasteiger partial charge in [-0.2, -0.15) is 5.10 Å². The zero-order chi connectivity index (χ0) is 13.8. The molecule has 0 aliphatic carbocycles. The Balaban J connectivity index is 2.25. The Morgan fingerprint density at radius 2 is 2.21 bits per heavy atom. The number of halogens is 1. The van der Waals surface area contributed by atoms with Crippen LogP contribution >= 0.6 is 11.6 Å². The number of rotatable bonds is 4. The summed E-state index contributed by atoms with van der Waals surface area (Å²) < 4.78 is 1.37. The number of aromatic nitrogens is 3. The van der Waals surface area contributed by atoms with Gasteiger partial charge in [-0.1, -0.05) is 11.6 Å².